The van der Waals surface area contributed by atoms with Gasteiger partial charge in [-0.15, -0.1) is 0 Å². The van der Waals surface area contributed by atoms with E-state index in [4.69, 9.17) is 4.42 Å². The summed E-state index contributed by atoms with van der Waals surface area (Å²) >= 11 is 0. The zero-order chi connectivity index (χ0) is 26.1. The van der Waals surface area contributed by atoms with Crippen LogP contribution in [0.1, 0.15) is 33.4 Å². The third kappa shape index (κ3) is 4.30. The highest BCUT2D eigenvalue weighted by atomic mass is 19.4. The lowest BCUT2D eigenvalue weighted by Crippen LogP contribution is -2.66. The molecule has 2 heterocycles. The molecule has 1 aromatic heterocycles. The summed E-state index contributed by atoms with van der Waals surface area (Å²) in [6, 6.07) is 14.9. The van der Waals surface area contributed by atoms with Crippen LogP contribution >= 0.6 is 0 Å². The maximum atomic E-state index is 14.8. The van der Waals surface area contributed by atoms with Crippen LogP contribution in [-0.4, -0.2) is 40.8 Å². The number of amides is 2. The molecule has 4 rings (SSSR count). The lowest BCUT2D eigenvalue weighted by Gasteiger charge is -2.33. The number of alkyl halides is 3. The van der Waals surface area contributed by atoms with Crippen LogP contribution in [0.3, 0.4) is 0 Å². The van der Waals surface area contributed by atoms with Crippen molar-refractivity contribution in [2.45, 2.75) is 25.1 Å². The molecule has 10 heteroatoms. The van der Waals surface area contributed by atoms with Crippen molar-refractivity contribution in [2.24, 2.45) is 0 Å². The van der Waals surface area contributed by atoms with E-state index in [9.17, 15) is 31.9 Å². The van der Waals surface area contributed by atoms with Crippen molar-refractivity contribution >= 4 is 17.6 Å². The van der Waals surface area contributed by atoms with Gasteiger partial charge in [-0.1, -0.05) is 42.5 Å². The number of rotatable bonds is 7. The molecule has 1 aliphatic rings. The molecule has 1 atom stereocenters. The van der Waals surface area contributed by atoms with Crippen LogP contribution < -0.4 is 5.32 Å². The first-order chi connectivity index (χ1) is 17.1. The summed E-state index contributed by atoms with van der Waals surface area (Å²) in [6.07, 6.45) is -4.20. The number of allylic oxidation sites excluding steroid dienone is 1. The third-order valence-electron chi connectivity index (χ3n) is 5.98. The molecule has 186 valence electrons. The van der Waals surface area contributed by atoms with Crippen LogP contribution in [0.15, 0.2) is 88.7 Å². The van der Waals surface area contributed by atoms with Crippen LogP contribution in [0.5, 0.6) is 0 Å². The Hall–Kier alpha value is -4.21. The molecule has 0 radical (unpaired) electrons. The fourth-order valence-electron chi connectivity index (χ4n) is 4.19. The van der Waals surface area contributed by atoms with Gasteiger partial charge in [-0.05, 0) is 43.2 Å². The number of carbonyl (C=O) groups is 3. The average molecular weight is 500 g/mol. The summed E-state index contributed by atoms with van der Waals surface area (Å²) in [5.41, 5.74) is -4.30. The molecule has 1 aliphatic heterocycles. The zero-order valence-corrected chi connectivity index (χ0v) is 18.9. The summed E-state index contributed by atoms with van der Waals surface area (Å²) in [5, 5.41) is 1.77. The van der Waals surface area contributed by atoms with Crippen molar-refractivity contribution in [3.05, 3.63) is 107 Å². The fraction of sp³-hybridized carbons (Fsp3) is 0.192. The van der Waals surface area contributed by atoms with E-state index >= 15 is 0 Å². The summed E-state index contributed by atoms with van der Waals surface area (Å²) in [5.74, 6) is -4.83. The van der Waals surface area contributed by atoms with Crippen LogP contribution in [-0.2, 0) is 11.2 Å². The van der Waals surface area contributed by atoms with Crippen molar-refractivity contribution in [3.63, 3.8) is 0 Å². The Labute approximate surface area is 203 Å². The quantitative estimate of drug-likeness (QED) is 0.377. The van der Waals surface area contributed by atoms with Gasteiger partial charge < -0.3 is 14.6 Å². The highest BCUT2D eigenvalue weighted by Crippen LogP contribution is 2.46. The minimum absolute atomic E-state index is 0.0796. The second-order valence-electron chi connectivity index (χ2n) is 8.17. The molecule has 2 amide bonds. The Balaban J connectivity index is 1.81. The van der Waals surface area contributed by atoms with Crippen LogP contribution in [0.4, 0.5) is 17.6 Å². The molecular formula is C26H20F4N2O4. The first-order valence-electron chi connectivity index (χ1n) is 10.9. The third-order valence-corrected chi connectivity index (χ3v) is 5.98. The van der Waals surface area contributed by atoms with E-state index in [0.29, 0.717) is 5.56 Å². The van der Waals surface area contributed by atoms with Crippen molar-refractivity contribution in [3.8, 4) is 0 Å². The van der Waals surface area contributed by atoms with Crippen molar-refractivity contribution in [2.75, 3.05) is 6.54 Å². The Bertz CT molecular complexity index is 1320. The van der Waals surface area contributed by atoms with Gasteiger partial charge in [0.05, 0.1) is 11.8 Å². The van der Waals surface area contributed by atoms with Gasteiger partial charge in [-0.2, -0.15) is 13.2 Å². The van der Waals surface area contributed by atoms with E-state index in [2.05, 4.69) is 0 Å². The van der Waals surface area contributed by atoms with Gasteiger partial charge in [-0.3, -0.25) is 14.4 Å². The van der Waals surface area contributed by atoms with Gasteiger partial charge in [0.1, 0.15) is 5.82 Å². The molecule has 0 saturated carbocycles. The first-order valence-corrected chi connectivity index (χ1v) is 10.9. The minimum atomic E-state index is -5.38. The van der Waals surface area contributed by atoms with Crippen LogP contribution in [0.2, 0.25) is 0 Å². The minimum Gasteiger partial charge on any atom is -0.459 e. The van der Waals surface area contributed by atoms with Gasteiger partial charge in [0.2, 0.25) is 5.54 Å². The van der Waals surface area contributed by atoms with Gasteiger partial charge in [-0.25, -0.2) is 4.39 Å². The van der Waals surface area contributed by atoms with Crippen molar-refractivity contribution in [1.82, 2.24) is 10.2 Å². The van der Waals surface area contributed by atoms with E-state index in [1.807, 2.05) is 0 Å². The number of hydrogen-bond acceptors (Lipinski definition) is 4. The van der Waals surface area contributed by atoms with Crippen LogP contribution in [0.25, 0.3) is 0 Å². The summed E-state index contributed by atoms with van der Waals surface area (Å²) in [4.78, 5) is 40.5. The van der Waals surface area contributed by atoms with E-state index < -0.39 is 46.5 Å². The molecular weight excluding hydrogens is 480 g/mol. The number of Topliss-reactive ketones (excluding diaryl/α,β-unsaturated/α-hetero) is 1. The fourth-order valence-corrected chi connectivity index (χ4v) is 4.19. The standard InChI is InChI=1S/C26H20F4N2O4/c1-16-21(22(33)18-6-3-2-4-7-18)25(26(28,29)30,31-23(34)20-8-5-15-36-20)24(35)32(16)14-13-17-9-11-19(27)12-10-17/h2-12,15H,13-14H2,1H3,(H,31,34). The number of carbonyl (C=O) groups excluding carboxylic acids is 3. The Morgan fingerprint density at radius 1 is 1.00 bits per heavy atom. The predicted molar refractivity (Wildman–Crippen MR) is 120 cm³/mol. The van der Waals surface area contributed by atoms with Gasteiger partial charge in [0.15, 0.2) is 11.5 Å². The highest BCUT2D eigenvalue weighted by Gasteiger charge is 2.70. The number of halogens is 4. The van der Waals surface area contributed by atoms with E-state index in [-0.39, 0.29) is 24.2 Å². The second-order valence-corrected chi connectivity index (χ2v) is 8.17. The van der Waals surface area contributed by atoms with Crippen molar-refractivity contribution in [1.29, 1.82) is 0 Å². The molecule has 0 aliphatic carbocycles. The summed E-state index contributed by atoms with van der Waals surface area (Å²) in [7, 11) is 0. The molecule has 0 bridgehead atoms. The molecule has 3 aromatic rings. The average Bonchev–Trinajstić information content (AvgIpc) is 3.45. The maximum Gasteiger partial charge on any atom is 0.425 e. The monoisotopic (exact) mass is 500 g/mol. The number of ketones is 1. The van der Waals surface area contributed by atoms with Crippen molar-refractivity contribution < 1.29 is 36.4 Å². The number of nitrogens with one attached hydrogen (secondary N) is 1. The normalized spacial score (nSPS) is 18.0. The molecule has 0 fully saturated rings. The Kier molecular flexibility index (Phi) is 6.53. The Morgan fingerprint density at radius 2 is 1.67 bits per heavy atom. The maximum absolute atomic E-state index is 14.8. The highest BCUT2D eigenvalue weighted by molar-refractivity contribution is 6.19. The predicted octanol–water partition coefficient (Wildman–Crippen LogP) is 4.69. The molecule has 1 N–H and O–H groups in total. The lowest BCUT2D eigenvalue weighted by atomic mass is 9.84. The van der Waals surface area contributed by atoms with E-state index in [1.165, 1.54) is 61.5 Å². The molecule has 0 spiro atoms. The molecule has 0 saturated heterocycles. The molecule has 2 aromatic carbocycles. The molecule has 6 nitrogen and oxygen atoms in total. The molecule has 36 heavy (non-hydrogen) atoms. The van der Waals surface area contributed by atoms with Gasteiger partial charge in [0, 0.05) is 17.8 Å². The number of furan rings is 1. The summed E-state index contributed by atoms with van der Waals surface area (Å²) in [6.45, 7) is 0.988. The lowest BCUT2D eigenvalue weighted by molar-refractivity contribution is -0.189. The zero-order valence-electron chi connectivity index (χ0n) is 18.9. The second kappa shape index (κ2) is 9.44. The van der Waals surface area contributed by atoms with E-state index in [0.717, 1.165) is 17.2 Å². The van der Waals surface area contributed by atoms with Gasteiger partial charge >= 0.3 is 6.18 Å². The Morgan fingerprint density at radius 3 is 2.25 bits per heavy atom. The van der Waals surface area contributed by atoms with E-state index in [1.54, 1.807) is 11.4 Å². The molecule has 1 unspecified atom stereocenters. The SMILES string of the molecule is CC1=C(C(=O)c2ccccc2)C(NC(=O)c2ccco2)(C(F)(F)F)C(=O)N1CCc1ccc(F)cc1. The summed E-state index contributed by atoms with van der Waals surface area (Å²) < 4.78 is 62.6. The number of nitrogens with zero attached hydrogens (tertiary/aromatic N) is 1. The smallest absolute Gasteiger partial charge is 0.425 e. The van der Waals surface area contributed by atoms with Gasteiger partial charge in [0.25, 0.3) is 11.8 Å². The number of hydrogen-bond donors (Lipinski definition) is 1. The topological polar surface area (TPSA) is 79.6 Å². The largest absolute Gasteiger partial charge is 0.459 e. The first kappa shape index (κ1) is 24.9. The van der Waals surface area contributed by atoms with Crippen LogP contribution in [0, 0.1) is 5.82 Å². The number of benzene rings is 2.